The summed E-state index contributed by atoms with van der Waals surface area (Å²) in [5.41, 5.74) is 3.08. The van der Waals surface area contributed by atoms with Crippen LogP contribution in [0.25, 0.3) is 11.3 Å². The summed E-state index contributed by atoms with van der Waals surface area (Å²) in [7, 11) is 0. The molecule has 29 heavy (non-hydrogen) atoms. The van der Waals surface area contributed by atoms with E-state index < -0.39 is 12.8 Å². The number of anilines is 1. The number of aryl methyl sites for hydroxylation is 1. The van der Waals surface area contributed by atoms with Gasteiger partial charge >= 0.3 is 6.18 Å². The highest BCUT2D eigenvalue weighted by Crippen LogP contribution is 2.35. The molecule has 1 N–H and O–H groups in total. The number of aromatic nitrogens is 1. The summed E-state index contributed by atoms with van der Waals surface area (Å²) in [5.74, 6) is 0.927. The van der Waals surface area contributed by atoms with E-state index >= 15 is 0 Å². The van der Waals surface area contributed by atoms with Crippen LogP contribution in [-0.2, 0) is 17.7 Å². The minimum absolute atomic E-state index is 0.0728. The molecule has 1 saturated heterocycles. The van der Waals surface area contributed by atoms with Crippen LogP contribution in [-0.4, -0.2) is 36.6 Å². The van der Waals surface area contributed by atoms with Gasteiger partial charge in [0.1, 0.15) is 11.6 Å². The number of ether oxygens (including phenoxy) is 2. The molecule has 156 valence electrons. The van der Waals surface area contributed by atoms with E-state index in [1.807, 2.05) is 0 Å². The van der Waals surface area contributed by atoms with Crippen molar-refractivity contribution in [3.8, 4) is 17.0 Å². The first-order chi connectivity index (χ1) is 13.8. The van der Waals surface area contributed by atoms with Gasteiger partial charge in [-0.15, -0.1) is 0 Å². The molecule has 0 aliphatic carbocycles. The average Bonchev–Trinajstić information content (AvgIpc) is 3.20. The van der Waals surface area contributed by atoms with E-state index in [0.29, 0.717) is 25.1 Å². The average molecular weight is 408 g/mol. The van der Waals surface area contributed by atoms with Crippen molar-refractivity contribution in [2.45, 2.75) is 45.0 Å². The third-order valence-corrected chi connectivity index (χ3v) is 5.43. The van der Waals surface area contributed by atoms with E-state index in [0.717, 1.165) is 42.1 Å². The van der Waals surface area contributed by atoms with Gasteiger partial charge in [0, 0.05) is 36.9 Å². The van der Waals surface area contributed by atoms with E-state index in [9.17, 15) is 18.0 Å². The molecule has 2 aliphatic heterocycles. The van der Waals surface area contributed by atoms with Crippen LogP contribution in [0, 0.1) is 6.92 Å². The van der Waals surface area contributed by atoms with Crippen molar-refractivity contribution in [3.05, 3.63) is 45.6 Å². The van der Waals surface area contributed by atoms with Gasteiger partial charge < -0.3 is 19.4 Å². The Bertz CT molecular complexity index is 963. The van der Waals surface area contributed by atoms with Crippen molar-refractivity contribution in [1.29, 1.82) is 0 Å². The fourth-order valence-electron chi connectivity index (χ4n) is 3.99. The van der Waals surface area contributed by atoms with Crippen molar-refractivity contribution in [2.75, 3.05) is 25.1 Å². The molecule has 2 aromatic rings. The Morgan fingerprint density at radius 3 is 2.86 bits per heavy atom. The van der Waals surface area contributed by atoms with Crippen LogP contribution in [0.2, 0.25) is 0 Å². The molecule has 0 bridgehead atoms. The van der Waals surface area contributed by atoms with Crippen LogP contribution in [0.5, 0.6) is 5.75 Å². The minimum Gasteiger partial charge on any atom is -0.484 e. The van der Waals surface area contributed by atoms with E-state index in [2.05, 4.69) is 9.88 Å². The van der Waals surface area contributed by atoms with Gasteiger partial charge in [-0.2, -0.15) is 13.2 Å². The fourth-order valence-corrected chi connectivity index (χ4v) is 3.99. The normalized spacial score (nSPS) is 18.3. The van der Waals surface area contributed by atoms with Crippen molar-refractivity contribution in [3.63, 3.8) is 0 Å². The van der Waals surface area contributed by atoms with E-state index in [4.69, 9.17) is 9.47 Å². The summed E-state index contributed by atoms with van der Waals surface area (Å²) >= 11 is 0. The van der Waals surface area contributed by atoms with Gasteiger partial charge in [-0.05, 0) is 49.9 Å². The van der Waals surface area contributed by atoms with Crippen LogP contribution in [0.3, 0.4) is 0 Å². The molecule has 1 atom stereocenters. The van der Waals surface area contributed by atoms with Gasteiger partial charge in [-0.25, -0.2) is 0 Å². The molecule has 2 aliphatic rings. The lowest BCUT2D eigenvalue weighted by Gasteiger charge is -2.28. The minimum atomic E-state index is -4.38. The molecule has 1 fully saturated rings. The van der Waals surface area contributed by atoms with Crippen LogP contribution in [0.4, 0.5) is 19.0 Å². The van der Waals surface area contributed by atoms with E-state index in [-0.39, 0.29) is 17.3 Å². The number of hydrogen-bond donors (Lipinski definition) is 1. The van der Waals surface area contributed by atoms with E-state index in [1.54, 1.807) is 25.1 Å². The zero-order chi connectivity index (χ0) is 20.6. The Labute approximate surface area is 166 Å². The number of rotatable bonds is 5. The highest BCUT2D eigenvalue weighted by Gasteiger charge is 2.29. The Hall–Kier alpha value is -2.48. The number of nitrogens with zero attached hydrogens (tertiary/aromatic N) is 1. The van der Waals surface area contributed by atoms with Crippen molar-refractivity contribution in [1.82, 2.24) is 4.57 Å². The Balaban J connectivity index is 1.64. The molecule has 3 heterocycles. The van der Waals surface area contributed by atoms with Crippen molar-refractivity contribution >= 4 is 5.82 Å². The van der Waals surface area contributed by atoms with Crippen LogP contribution >= 0.6 is 0 Å². The highest BCUT2D eigenvalue weighted by molar-refractivity contribution is 5.72. The molecule has 0 radical (unpaired) electrons. The smallest absolute Gasteiger partial charge is 0.422 e. The van der Waals surface area contributed by atoms with Crippen molar-refractivity contribution < 1.29 is 22.6 Å². The van der Waals surface area contributed by atoms with Gasteiger partial charge in [0.15, 0.2) is 12.0 Å². The lowest BCUT2D eigenvalue weighted by atomic mass is 9.94. The summed E-state index contributed by atoms with van der Waals surface area (Å²) in [6, 6.07) is 6.51. The Morgan fingerprint density at radius 1 is 1.31 bits per heavy atom. The molecule has 0 amide bonds. The molecular weight excluding hydrogens is 385 g/mol. The SMILES string of the molecule is Cc1c2n(c(NCC3CCCO3)cc1=O)CCc1cc(OCC(F)(F)F)ccc1-2. The predicted octanol–water partition coefficient (Wildman–Crippen LogP) is 3.91. The molecule has 1 unspecified atom stereocenters. The number of halogens is 3. The number of nitrogens with one attached hydrogen (secondary N) is 1. The number of fused-ring (bicyclic) bond motifs is 3. The molecule has 0 saturated carbocycles. The second-order valence-electron chi connectivity index (χ2n) is 7.51. The fraction of sp³-hybridized carbons (Fsp3) is 0.476. The third-order valence-electron chi connectivity index (χ3n) is 5.43. The van der Waals surface area contributed by atoms with Crippen LogP contribution in [0.15, 0.2) is 29.1 Å². The quantitative estimate of drug-likeness (QED) is 0.815. The number of hydrogen-bond acceptors (Lipinski definition) is 4. The molecule has 0 spiro atoms. The summed E-state index contributed by atoms with van der Waals surface area (Å²) in [6.07, 6.45) is -1.55. The maximum Gasteiger partial charge on any atom is 0.422 e. The van der Waals surface area contributed by atoms with Crippen LogP contribution in [0.1, 0.15) is 24.0 Å². The van der Waals surface area contributed by atoms with E-state index in [1.165, 1.54) is 6.07 Å². The molecule has 1 aromatic carbocycles. The lowest BCUT2D eigenvalue weighted by molar-refractivity contribution is -0.153. The zero-order valence-corrected chi connectivity index (χ0v) is 16.1. The number of pyridine rings is 1. The molecule has 1 aromatic heterocycles. The first-order valence-electron chi connectivity index (χ1n) is 9.74. The maximum atomic E-state index is 12.6. The Kier molecular flexibility index (Phi) is 5.29. The highest BCUT2D eigenvalue weighted by atomic mass is 19.4. The lowest BCUT2D eigenvalue weighted by Crippen LogP contribution is -2.26. The molecule has 5 nitrogen and oxygen atoms in total. The summed E-state index contributed by atoms with van der Waals surface area (Å²) < 4.78 is 49.9. The predicted molar refractivity (Wildman–Crippen MR) is 104 cm³/mol. The molecular formula is C21H23F3N2O3. The van der Waals surface area contributed by atoms with Gasteiger partial charge in [-0.1, -0.05) is 0 Å². The number of benzene rings is 1. The first-order valence-corrected chi connectivity index (χ1v) is 9.74. The summed E-state index contributed by atoms with van der Waals surface area (Å²) in [5, 5.41) is 3.35. The number of alkyl halides is 3. The van der Waals surface area contributed by atoms with Gasteiger partial charge in [0.25, 0.3) is 0 Å². The topological polar surface area (TPSA) is 52.5 Å². The van der Waals surface area contributed by atoms with Gasteiger partial charge in [-0.3, -0.25) is 4.79 Å². The largest absolute Gasteiger partial charge is 0.484 e. The Morgan fingerprint density at radius 2 is 2.14 bits per heavy atom. The second kappa shape index (κ2) is 7.74. The first kappa shape index (κ1) is 19.8. The monoisotopic (exact) mass is 408 g/mol. The standard InChI is InChI=1S/C21H23F3N2O3/c1-13-18(27)10-19(25-11-16-3-2-8-28-16)26-7-6-14-9-15(29-12-21(22,23)24)4-5-17(14)20(13)26/h4-5,9-10,16,25H,2-3,6-8,11-12H2,1H3. The van der Waals surface area contributed by atoms with Gasteiger partial charge in [0.2, 0.25) is 0 Å². The second-order valence-corrected chi connectivity index (χ2v) is 7.51. The van der Waals surface area contributed by atoms with Crippen LogP contribution < -0.4 is 15.5 Å². The zero-order valence-electron chi connectivity index (χ0n) is 16.1. The summed E-state index contributed by atoms with van der Waals surface area (Å²) in [4.78, 5) is 12.6. The maximum absolute atomic E-state index is 12.6. The molecule has 8 heteroatoms. The third kappa shape index (κ3) is 4.27. The van der Waals surface area contributed by atoms with Crippen molar-refractivity contribution in [2.24, 2.45) is 0 Å². The van der Waals surface area contributed by atoms with Gasteiger partial charge in [0.05, 0.1) is 11.8 Å². The molecule has 4 rings (SSSR count). The summed E-state index contributed by atoms with van der Waals surface area (Å²) in [6.45, 7) is 2.49.